The standard InChI is InChI=1S/C15H16N2O4/c16-10-11-3-1-4-12(9-11)17(7-6-14(18)19)15(20)13-5-2-8-21-13/h1,3-4,9,13H,2,5-8H2,(H,18,19). The summed E-state index contributed by atoms with van der Waals surface area (Å²) in [6.07, 6.45) is 0.779. The molecule has 0 aromatic heterocycles. The van der Waals surface area contributed by atoms with Gasteiger partial charge in [0, 0.05) is 18.8 Å². The highest BCUT2D eigenvalue weighted by Crippen LogP contribution is 2.21. The van der Waals surface area contributed by atoms with E-state index in [-0.39, 0.29) is 18.9 Å². The number of benzene rings is 1. The number of hydrogen-bond acceptors (Lipinski definition) is 4. The summed E-state index contributed by atoms with van der Waals surface area (Å²) in [5.41, 5.74) is 0.948. The third-order valence-corrected chi connectivity index (χ3v) is 3.31. The number of carbonyl (C=O) groups excluding carboxylic acids is 1. The molecule has 1 amide bonds. The number of nitriles is 1. The van der Waals surface area contributed by atoms with E-state index < -0.39 is 12.1 Å². The lowest BCUT2D eigenvalue weighted by Gasteiger charge is -2.25. The topological polar surface area (TPSA) is 90.6 Å². The molecule has 0 bridgehead atoms. The highest BCUT2D eigenvalue weighted by atomic mass is 16.5. The molecule has 1 unspecified atom stereocenters. The lowest BCUT2D eigenvalue weighted by atomic mass is 10.1. The number of carbonyl (C=O) groups is 2. The van der Waals surface area contributed by atoms with Gasteiger partial charge in [0.2, 0.25) is 0 Å². The van der Waals surface area contributed by atoms with Crippen molar-refractivity contribution in [2.45, 2.75) is 25.4 Å². The van der Waals surface area contributed by atoms with Gasteiger partial charge in [-0.25, -0.2) is 0 Å². The monoisotopic (exact) mass is 288 g/mol. The Morgan fingerprint density at radius 1 is 1.48 bits per heavy atom. The summed E-state index contributed by atoms with van der Waals surface area (Å²) in [4.78, 5) is 24.7. The van der Waals surface area contributed by atoms with Crippen LogP contribution in [0.2, 0.25) is 0 Å². The summed E-state index contributed by atoms with van der Waals surface area (Å²) in [6.45, 7) is 0.602. The summed E-state index contributed by atoms with van der Waals surface area (Å²) in [5.74, 6) is -1.22. The van der Waals surface area contributed by atoms with Crippen LogP contribution in [0.4, 0.5) is 5.69 Å². The van der Waals surface area contributed by atoms with Crippen molar-refractivity contribution < 1.29 is 19.4 Å². The maximum Gasteiger partial charge on any atom is 0.305 e. The maximum absolute atomic E-state index is 12.5. The Balaban J connectivity index is 2.23. The smallest absolute Gasteiger partial charge is 0.305 e. The summed E-state index contributed by atoms with van der Waals surface area (Å²) in [5, 5.41) is 17.8. The predicted molar refractivity (Wildman–Crippen MR) is 74.7 cm³/mol. The molecule has 1 aliphatic heterocycles. The van der Waals surface area contributed by atoms with E-state index in [0.717, 1.165) is 6.42 Å². The van der Waals surface area contributed by atoms with E-state index in [9.17, 15) is 9.59 Å². The minimum Gasteiger partial charge on any atom is -0.481 e. The molecule has 0 saturated carbocycles. The Hall–Kier alpha value is -2.39. The Bertz CT molecular complexity index is 573. The van der Waals surface area contributed by atoms with Gasteiger partial charge in [-0.15, -0.1) is 0 Å². The van der Waals surface area contributed by atoms with Gasteiger partial charge in [-0.1, -0.05) is 6.07 Å². The van der Waals surface area contributed by atoms with Gasteiger partial charge in [0.15, 0.2) is 0 Å². The average Bonchev–Trinajstić information content (AvgIpc) is 3.01. The summed E-state index contributed by atoms with van der Waals surface area (Å²) < 4.78 is 5.38. The zero-order valence-corrected chi connectivity index (χ0v) is 11.5. The van der Waals surface area contributed by atoms with Crippen LogP contribution in [0.25, 0.3) is 0 Å². The fourth-order valence-electron chi connectivity index (χ4n) is 2.26. The van der Waals surface area contributed by atoms with Gasteiger partial charge in [0.05, 0.1) is 18.1 Å². The van der Waals surface area contributed by atoms with Crippen LogP contribution in [0.1, 0.15) is 24.8 Å². The zero-order valence-electron chi connectivity index (χ0n) is 11.5. The van der Waals surface area contributed by atoms with Gasteiger partial charge in [-0.3, -0.25) is 9.59 Å². The van der Waals surface area contributed by atoms with E-state index in [1.807, 2.05) is 6.07 Å². The molecular weight excluding hydrogens is 272 g/mol. The Morgan fingerprint density at radius 3 is 2.90 bits per heavy atom. The van der Waals surface area contributed by atoms with Gasteiger partial charge in [0.1, 0.15) is 6.10 Å². The molecule has 1 aliphatic rings. The van der Waals surface area contributed by atoms with E-state index in [1.165, 1.54) is 4.90 Å². The molecule has 0 spiro atoms. The quantitative estimate of drug-likeness (QED) is 0.887. The van der Waals surface area contributed by atoms with Crippen LogP contribution in [0, 0.1) is 11.3 Å². The Morgan fingerprint density at radius 2 is 2.29 bits per heavy atom. The molecule has 0 radical (unpaired) electrons. The molecule has 2 rings (SSSR count). The van der Waals surface area contributed by atoms with E-state index in [1.54, 1.807) is 24.3 Å². The number of anilines is 1. The Labute approximate surface area is 122 Å². The van der Waals surface area contributed by atoms with Crippen LogP contribution in [0.15, 0.2) is 24.3 Å². The van der Waals surface area contributed by atoms with E-state index in [2.05, 4.69) is 0 Å². The first kappa shape index (κ1) is 15.0. The number of rotatable bonds is 5. The van der Waals surface area contributed by atoms with Gasteiger partial charge >= 0.3 is 5.97 Å². The SMILES string of the molecule is N#Cc1cccc(N(CCC(=O)O)C(=O)C2CCCO2)c1. The second-order valence-corrected chi connectivity index (χ2v) is 4.80. The number of amides is 1. The number of ether oxygens (including phenoxy) is 1. The van der Waals surface area contributed by atoms with Crippen molar-refractivity contribution in [2.24, 2.45) is 0 Å². The van der Waals surface area contributed by atoms with Gasteiger partial charge in [0.25, 0.3) is 5.91 Å². The van der Waals surface area contributed by atoms with E-state index >= 15 is 0 Å². The normalized spacial score (nSPS) is 17.2. The highest BCUT2D eigenvalue weighted by molar-refractivity contribution is 5.97. The molecule has 1 saturated heterocycles. The molecule has 21 heavy (non-hydrogen) atoms. The molecule has 1 fully saturated rings. The Kier molecular flexibility index (Phi) is 4.90. The molecule has 1 N–H and O–H groups in total. The third-order valence-electron chi connectivity index (χ3n) is 3.31. The van der Waals surface area contributed by atoms with Crippen molar-refractivity contribution in [3.8, 4) is 6.07 Å². The maximum atomic E-state index is 12.5. The molecule has 6 heteroatoms. The van der Waals surface area contributed by atoms with Crippen molar-refractivity contribution in [3.63, 3.8) is 0 Å². The number of hydrogen-bond donors (Lipinski definition) is 1. The third kappa shape index (κ3) is 3.80. The number of carboxylic acids is 1. The van der Waals surface area contributed by atoms with Crippen molar-refractivity contribution in [2.75, 3.05) is 18.1 Å². The van der Waals surface area contributed by atoms with E-state index in [4.69, 9.17) is 15.1 Å². The van der Waals surface area contributed by atoms with Crippen LogP contribution < -0.4 is 4.90 Å². The lowest BCUT2D eigenvalue weighted by molar-refractivity contribution is -0.136. The minimum atomic E-state index is -0.975. The summed E-state index contributed by atoms with van der Waals surface area (Å²) in [6, 6.07) is 8.58. The highest BCUT2D eigenvalue weighted by Gasteiger charge is 2.29. The van der Waals surface area contributed by atoms with Crippen LogP contribution in [-0.2, 0) is 14.3 Å². The van der Waals surface area contributed by atoms with E-state index in [0.29, 0.717) is 24.3 Å². The summed E-state index contributed by atoms with van der Waals surface area (Å²) in [7, 11) is 0. The molecule has 0 aliphatic carbocycles. The zero-order chi connectivity index (χ0) is 15.2. The molecule has 6 nitrogen and oxygen atoms in total. The fourth-order valence-corrected chi connectivity index (χ4v) is 2.26. The lowest BCUT2D eigenvalue weighted by Crippen LogP contribution is -2.40. The molecule has 1 aromatic rings. The second kappa shape index (κ2) is 6.86. The van der Waals surface area contributed by atoms with Crippen LogP contribution in [0.5, 0.6) is 0 Å². The predicted octanol–water partition coefficient (Wildman–Crippen LogP) is 1.54. The average molecular weight is 288 g/mol. The van der Waals surface area contributed by atoms with Crippen molar-refractivity contribution in [3.05, 3.63) is 29.8 Å². The van der Waals surface area contributed by atoms with Crippen LogP contribution in [0.3, 0.4) is 0 Å². The first-order valence-corrected chi connectivity index (χ1v) is 6.77. The summed E-state index contributed by atoms with van der Waals surface area (Å²) >= 11 is 0. The number of nitrogens with zero attached hydrogens (tertiary/aromatic N) is 2. The molecule has 1 heterocycles. The van der Waals surface area contributed by atoms with Crippen LogP contribution >= 0.6 is 0 Å². The molecule has 1 aromatic carbocycles. The van der Waals surface area contributed by atoms with Gasteiger partial charge in [-0.05, 0) is 31.0 Å². The molecular formula is C15H16N2O4. The van der Waals surface area contributed by atoms with Crippen molar-refractivity contribution in [1.29, 1.82) is 5.26 Å². The van der Waals surface area contributed by atoms with Crippen molar-refractivity contribution >= 4 is 17.6 Å². The fraction of sp³-hybridized carbons (Fsp3) is 0.400. The van der Waals surface area contributed by atoms with Crippen molar-refractivity contribution in [1.82, 2.24) is 0 Å². The van der Waals surface area contributed by atoms with Gasteiger partial charge < -0.3 is 14.7 Å². The largest absolute Gasteiger partial charge is 0.481 e. The molecule has 1 atom stereocenters. The molecule has 110 valence electrons. The second-order valence-electron chi connectivity index (χ2n) is 4.80. The van der Waals surface area contributed by atoms with Crippen LogP contribution in [-0.4, -0.2) is 36.2 Å². The minimum absolute atomic E-state index is 0.0584. The number of carboxylic acid groups (broad SMARTS) is 1. The first-order chi connectivity index (χ1) is 10.1. The number of aliphatic carboxylic acids is 1. The first-order valence-electron chi connectivity index (χ1n) is 6.77. The van der Waals surface area contributed by atoms with Gasteiger partial charge in [-0.2, -0.15) is 5.26 Å².